The summed E-state index contributed by atoms with van der Waals surface area (Å²) in [5.74, 6) is 0.764. The summed E-state index contributed by atoms with van der Waals surface area (Å²) in [5, 5.41) is 14.8. The van der Waals surface area contributed by atoms with Gasteiger partial charge in [-0.1, -0.05) is 30.6 Å². The van der Waals surface area contributed by atoms with Crippen LogP contribution in [0.1, 0.15) is 30.9 Å². The van der Waals surface area contributed by atoms with E-state index in [1.807, 2.05) is 12.1 Å². The van der Waals surface area contributed by atoms with Crippen molar-refractivity contribution < 1.29 is 5.21 Å². The molecule has 0 aliphatic heterocycles. The highest BCUT2D eigenvalue weighted by molar-refractivity contribution is 5.96. The van der Waals surface area contributed by atoms with Crippen molar-refractivity contribution >= 4 is 17.3 Å². The van der Waals surface area contributed by atoms with Gasteiger partial charge in [0.15, 0.2) is 5.84 Å². The van der Waals surface area contributed by atoms with Gasteiger partial charge in [0, 0.05) is 17.4 Å². The Morgan fingerprint density at radius 2 is 2.00 bits per heavy atom. The molecule has 4 N–H and O–H groups in total. The number of nitrogens with one attached hydrogen (secondary N) is 1. The zero-order valence-corrected chi connectivity index (χ0v) is 12.1. The molecule has 2 aromatic rings. The number of amidine groups is 1. The van der Waals surface area contributed by atoms with Gasteiger partial charge in [0.2, 0.25) is 0 Å². The van der Waals surface area contributed by atoms with Gasteiger partial charge in [0.05, 0.1) is 0 Å². The first-order chi connectivity index (χ1) is 10.2. The first kappa shape index (κ1) is 14.8. The molecule has 0 aliphatic carbocycles. The molecule has 1 heterocycles. The minimum atomic E-state index is 0.0503. The van der Waals surface area contributed by atoms with Gasteiger partial charge in [-0.3, -0.25) is 0 Å². The Labute approximate surface area is 124 Å². The average Bonchev–Trinajstić information content (AvgIpc) is 2.54. The number of benzene rings is 1. The second kappa shape index (κ2) is 7.28. The van der Waals surface area contributed by atoms with Crippen molar-refractivity contribution in [2.24, 2.45) is 10.9 Å². The summed E-state index contributed by atoms with van der Waals surface area (Å²) in [6, 6.07) is 11.9. The van der Waals surface area contributed by atoms with Crippen LogP contribution in [-0.4, -0.2) is 16.0 Å². The van der Waals surface area contributed by atoms with Crippen molar-refractivity contribution in [1.82, 2.24) is 4.98 Å². The fourth-order valence-electron chi connectivity index (χ4n) is 1.96. The number of oxime groups is 1. The summed E-state index contributed by atoms with van der Waals surface area (Å²) in [7, 11) is 0. The third kappa shape index (κ3) is 4.21. The third-order valence-electron chi connectivity index (χ3n) is 3.21. The number of pyridine rings is 1. The van der Waals surface area contributed by atoms with Crippen LogP contribution in [0.3, 0.4) is 0 Å². The molecular weight excluding hydrogens is 264 g/mol. The van der Waals surface area contributed by atoms with Crippen molar-refractivity contribution in [2.75, 3.05) is 5.32 Å². The van der Waals surface area contributed by atoms with Gasteiger partial charge in [-0.2, -0.15) is 0 Å². The van der Waals surface area contributed by atoms with Crippen LogP contribution in [0.15, 0.2) is 47.8 Å². The lowest BCUT2D eigenvalue weighted by Gasteiger charge is -2.07. The highest BCUT2D eigenvalue weighted by Crippen LogP contribution is 2.16. The number of anilines is 2. The van der Waals surface area contributed by atoms with Crippen LogP contribution in [0.2, 0.25) is 0 Å². The van der Waals surface area contributed by atoms with Gasteiger partial charge in [-0.15, -0.1) is 0 Å². The number of aromatic nitrogens is 1. The van der Waals surface area contributed by atoms with E-state index in [0.29, 0.717) is 11.4 Å². The molecule has 0 saturated carbocycles. The van der Waals surface area contributed by atoms with Crippen LogP contribution < -0.4 is 11.1 Å². The second-order valence-corrected chi connectivity index (χ2v) is 4.84. The Morgan fingerprint density at radius 3 is 2.57 bits per heavy atom. The van der Waals surface area contributed by atoms with Crippen LogP contribution in [0.25, 0.3) is 0 Å². The van der Waals surface area contributed by atoms with Crippen LogP contribution in [0.4, 0.5) is 11.5 Å². The molecule has 0 unspecified atom stereocenters. The van der Waals surface area contributed by atoms with Crippen LogP contribution in [-0.2, 0) is 6.42 Å². The molecule has 0 spiro atoms. The fraction of sp³-hybridized carbons (Fsp3) is 0.250. The van der Waals surface area contributed by atoms with E-state index < -0.39 is 0 Å². The molecule has 0 radical (unpaired) electrons. The number of aryl methyl sites for hydroxylation is 1. The Morgan fingerprint density at radius 1 is 1.24 bits per heavy atom. The fourth-order valence-corrected chi connectivity index (χ4v) is 1.96. The molecule has 0 aliphatic rings. The quantitative estimate of drug-likeness (QED) is 0.329. The summed E-state index contributed by atoms with van der Waals surface area (Å²) in [6.45, 7) is 2.19. The van der Waals surface area contributed by atoms with Crippen LogP contribution in [0, 0.1) is 0 Å². The molecule has 0 fully saturated rings. The maximum absolute atomic E-state index is 8.60. The predicted octanol–water partition coefficient (Wildman–Crippen LogP) is 3.26. The standard InChI is InChI=1S/C16H20N4O/c1-2-3-4-12-5-8-14(9-6-12)19-15-10-7-13(11-18-15)16(17)20-21/h5-11,21H,2-4H2,1H3,(H2,17,20)(H,18,19). The highest BCUT2D eigenvalue weighted by Gasteiger charge is 2.01. The smallest absolute Gasteiger partial charge is 0.171 e. The van der Waals surface area contributed by atoms with Gasteiger partial charge in [0.1, 0.15) is 5.82 Å². The summed E-state index contributed by atoms with van der Waals surface area (Å²) >= 11 is 0. The summed E-state index contributed by atoms with van der Waals surface area (Å²) < 4.78 is 0. The van der Waals surface area contributed by atoms with Crippen molar-refractivity contribution in [3.05, 3.63) is 53.7 Å². The number of unbranched alkanes of at least 4 members (excludes halogenated alkanes) is 1. The van der Waals surface area contributed by atoms with E-state index in [9.17, 15) is 0 Å². The van der Waals surface area contributed by atoms with E-state index in [0.717, 1.165) is 12.1 Å². The van der Waals surface area contributed by atoms with E-state index in [4.69, 9.17) is 10.9 Å². The van der Waals surface area contributed by atoms with Crippen molar-refractivity contribution in [2.45, 2.75) is 26.2 Å². The zero-order valence-electron chi connectivity index (χ0n) is 12.1. The number of rotatable bonds is 6. The molecule has 110 valence electrons. The van der Waals surface area contributed by atoms with E-state index in [1.54, 1.807) is 18.3 Å². The Bertz CT molecular complexity index is 591. The molecule has 0 amide bonds. The lowest BCUT2D eigenvalue weighted by atomic mass is 10.1. The van der Waals surface area contributed by atoms with Crippen LogP contribution >= 0.6 is 0 Å². The van der Waals surface area contributed by atoms with E-state index in [-0.39, 0.29) is 5.84 Å². The van der Waals surface area contributed by atoms with Gasteiger partial charge in [-0.05, 0) is 42.7 Å². The van der Waals surface area contributed by atoms with Gasteiger partial charge >= 0.3 is 0 Å². The molecule has 1 aromatic carbocycles. The van der Waals surface area contributed by atoms with Gasteiger partial charge in [0.25, 0.3) is 0 Å². The number of hydrogen-bond acceptors (Lipinski definition) is 4. The largest absolute Gasteiger partial charge is 0.409 e. The molecule has 5 heteroatoms. The number of hydrogen-bond donors (Lipinski definition) is 3. The predicted molar refractivity (Wildman–Crippen MR) is 85.1 cm³/mol. The first-order valence-electron chi connectivity index (χ1n) is 7.03. The maximum atomic E-state index is 8.60. The maximum Gasteiger partial charge on any atom is 0.171 e. The van der Waals surface area contributed by atoms with Gasteiger partial charge < -0.3 is 16.3 Å². The molecule has 0 bridgehead atoms. The Hall–Kier alpha value is -2.56. The number of nitrogens with two attached hydrogens (primary N) is 1. The van der Waals surface area contributed by atoms with Crippen molar-refractivity contribution in [3.8, 4) is 0 Å². The molecular formula is C16H20N4O. The second-order valence-electron chi connectivity index (χ2n) is 4.84. The zero-order chi connectivity index (χ0) is 15.1. The summed E-state index contributed by atoms with van der Waals surface area (Å²) in [4.78, 5) is 4.23. The minimum Gasteiger partial charge on any atom is -0.409 e. The molecule has 2 rings (SSSR count). The van der Waals surface area contributed by atoms with Crippen LogP contribution in [0.5, 0.6) is 0 Å². The van der Waals surface area contributed by atoms with Crippen molar-refractivity contribution in [1.29, 1.82) is 0 Å². The van der Waals surface area contributed by atoms with E-state index in [2.05, 4.69) is 34.5 Å². The Balaban J connectivity index is 2.01. The summed E-state index contributed by atoms with van der Waals surface area (Å²) in [6.07, 6.45) is 5.09. The molecule has 21 heavy (non-hydrogen) atoms. The Kier molecular flexibility index (Phi) is 5.15. The number of nitrogens with zero attached hydrogens (tertiary/aromatic N) is 2. The molecule has 0 saturated heterocycles. The van der Waals surface area contributed by atoms with Gasteiger partial charge in [-0.25, -0.2) is 4.98 Å². The topological polar surface area (TPSA) is 83.5 Å². The molecule has 1 aromatic heterocycles. The SMILES string of the molecule is CCCCc1ccc(Nc2ccc(/C(N)=N/O)cn2)cc1. The lowest BCUT2D eigenvalue weighted by molar-refractivity contribution is 0.318. The van der Waals surface area contributed by atoms with E-state index >= 15 is 0 Å². The van der Waals surface area contributed by atoms with Crippen molar-refractivity contribution in [3.63, 3.8) is 0 Å². The minimum absolute atomic E-state index is 0.0503. The lowest BCUT2D eigenvalue weighted by Crippen LogP contribution is -2.13. The molecule has 5 nitrogen and oxygen atoms in total. The molecule has 0 atom stereocenters. The monoisotopic (exact) mass is 284 g/mol. The normalized spacial score (nSPS) is 11.4. The first-order valence-corrected chi connectivity index (χ1v) is 7.03. The highest BCUT2D eigenvalue weighted by atomic mass is 16.4. The van der Waals surface area contributed by atoms with E-state index in [1.165, 1.54) is 18.4 Å². The average molecular weight is 284 g/mol. The third-order valence-corrected chi connectivity index (χ3v) is 3.21. The summed E-state index contributed by atoms with van der Waals surface area (Å²) in [5.41, 5.74) is 8.40.